The van der Waals surface area contributed by atoms with Crippen molar-refractivity contribution in [3.63, 3.8) is 0 Å². The maximum atomic E-state index is 12.9. The number of hydrogen-bond acceptors (Lipinski definition) is 6. The molecule has 0 atom stereocenters. The van der Waals surface area contributed by atoms with Crippen LogP contribution in [-0.4, -0.2) is 56.8 Å². The largest absolute Gasteiger partial charge is 0.383 e. The SMILES string of the molecule is Nc1nc(CN2CCN(C(=O)c3ccc4ccccc4n3)CC2)nc2ccccc12. The Kier molecular flexibility index (Phi) is 4.72. The molecule has 3 heterocycles. The van der Waals surface area contributed by atoms with Gasteiger partial charge in [0.1, 0.15) is 17.3 Å². The molecule has 2 aromatic carbocycles. The van der Waals surface area contributed by atoms with Gasteiger partial charge >= 0.3 is 0 Å². The van der Waals surface area contributed by atoms with Crippen LogP contribution in [0.25, 0.3) is 21.8 Å². The molecule has 1 saturated heterocycles. The second kappa shape index (κ2) is 7.68. The lowest BCUT2D eigenvalue weighted by Gasteiger charge is -2.34. The van der Waals surface area contributed by atoms with Crippen molar-refractivity contribution >= 4 is 33.5 Å². The third-order valence-corrected chi connectivity index (χ3v) is 5.52. The molecule has 150 valence electrons. The first-order valence-corrected chi connectivity index (χ1v) is 10.1. The topological polar surface area (TPSA) is 88.2 Å². The number of aromatic nitrogens is 3. The van der Waals surface area contributed by atoms with E-state index in [2.05, 4.69) is 19.9 Å². The molecule has 1 aliphatic heterocycles. The van der Waals surface area contributed by atoms with Crippen molar-refractivity contribution in [3.8, 4) is 0 Å². The highest BCUT2D eigenvalue weighted by molar-refractivity contribution is 5.95. The van der Waals surface area contributed by atoms with E-state index >= 15 is 0 Å². The van der Waals surface area contributed by atoms with E-state index in [1.54, 1.807) is 0 Å². The smallest absolute Gasteiger partial charge is 0.272 e. The Morgan fingerprint density at radius 1 is 0.833 bits per heavy atom. The van der Waals surface area contributed by atoms with Gasteiger partial charge in [0.2, 0.25) is 0 Å². The Labute approximate surface area is 174 Å². The van der Waals surface area contributed by atoms with Crippen molar-refractivity contribution in [2.75, 3.05) is 31.9 Å². The second-order valence-corrected chi connectivity index (χ2v) is 7.50. The first kappa shape index (κ1) is 18.4. The van der Waals surface area contributed by atoms with Crippen LogP contribution in [0.15, 0.2) is 60.7 Å². The van der Waals surface area contributed by atoms with Gasteiger partial charge in [-0.1, -0.05) is 36.4 Å². The number of amides is 1. The number of rotatable bonds is 3. The second-order valence-electron chi connectivity index (χ2n) is 7.50. The van der Waals surface area contributed by atoms with Gasteiger partial charge in [-0.25, -0.2) is 15.0 Å². The van der Waals surface area contributed by atoms with Gasteiger partial charge in [0.15, 0.2) is 0 Å². The monoisotopic (exact) mass is 398 g/mol. The Hall–Kier alpha value is -3.58. The predicted octanol–water partition coefficient (Wildman–Crippen LogP) is 2.72. The van der Waals surface area contributed by atoms with Crippen LogP contribution in [0.1, 0.15) is 16.3 Å². The minimum absolute atomic E-state index is 0.0217. The number of benzene rings is 2. The Morgan fingerprint density at radius 2 is 1.57 bits per heavy atom. The van der Waals surface area contributed by atoms with Crippen molar-refractivity contribution in [1.29, 1.82) is 0 Å². The summed E-state index contributed by atoms with van der Waals surface area (Å²) in [5.74, 6) is 1.19. The molecule has 0 bridgehead atoms. The van der Waals surface area contributed by atoms with Crippen LogP contribution in [0.2, 0.25) is 0 Å². The van der Waals surface area contributed by atoms with Gasteiger partial charge < -0.3 is 10.6 Å². The molecule has 2 aromatic heterocycles. The fourth-order valence-electron chi connectivity index (χ4n) is 3.88. The molecule has 0 radical (unpaired) electrons. The summed E-state index contributed by atoms with van der Waals surface area (Å²) in [5.41, 5.74) is 8.29. The molecule has 1 fully saturated rings. The molecule has 30 heavy (non-hydrogen) atoms. The fourth-order valence-corrected chi connectivity index (χ4v) is 3.88. The van der Waals surface area contributed by atoms with Gasteiger partial charge in [-0.15, -0.1) is 0 Å². The maximum Gasteiger partial charge on any atom is 0.272 e. The molecular weight excluding hydrogens is 376 g/mol. The van der Waals surface area contributed by atoms with E-state index in [4.69, 9.17) is 5.73 Å². The number of carbonyl (C=O) groups is 1. The number of nitrogens with zero attached hydrogens (tertiary/aromatic N) is 5. The summed E-state index contributed by atoms with van der Waals surface area (Å²) >= 11 is 0. The summed E-state index contributed by atoms with van der Waals surface area (Å²) in [6.45, 7) is 3.43. The summed E-state index contributed by atoms with van der Waals surface area (Å²) in [4.78, 5) is 30.7. The highest BCUT2D eigenvalue weighted by Gasteiger charge is 2.23. The van der Waals surface area contributed by atoms with Crippen LogP contribution >= 0.6 is 0 Å². The number of nitrogen functional groups attached to an aromatic ring is 1. The average molecular weight is 398 g/mol. The van der Waals surface area contributed by atoms with Crippen LogP contribution in [0.4, 0.5) is 5.82 Å². The van der Waals surface area contributed by atoms with E-state index in [0.29, 0.717) is 37.0 Å². The molecule has 1 aliphatic rings. The zero-order valence-electron chi connectivity index (χ0n) is 16.5. The number of nitrogens with two attached hydrogens (primary N) is 1. The third kappa shape index (κ3) is 3.55. The first-order chi connectivity index (χ1) is 14.7. The normalized spacial score (nSPS) is 15.0. The summed E-state index contributed by atoms with van der Waals surface area (Å²) in [7, 11) is 0. The Balaban J connectivity index is 1.25. The number of para-hydroxylation sites is 2. The van der Waals surface area contributed by atoms with Crippen molar-refractivity contribution in [2.24, 2.45) is 0 Å². The third-order valence-electron chi connectivity index (χ3n) is 5.52. The van der Waals surface area contributed by atoms with Gasteiger partial charge in [0.05, 0.1) is 17.6 Å². The Morgan fingerprint density at radius 3 is 2.40 bits per heavy atom. The lowest BCUT2D eigenvalue weighted by molar-refractivity contribution is 0.0620. The van der Waals surface area contributed by atoms with Crippen molar-refractivity contribution in [1.82, 2.24) is 24.8 Å². The van der Waals surface area contributed by atoms with Crippen molar-refractivity contribution in [3.05, 3.63) is 72.2 Å². The van der Waals surface area contributed by atoms with Crippen LogP contribution in [0.3, 0.4) is 0 Å². The minimum atomic E-state index is -0.0217. The first-order valence-electron chi connectivity index (χ1n) is 10.1. The molecule has 0 spiro atoms. The lowest BCUT2D eigenvalue weighted by atomic mass is 10.2. The average Bonchev–Trinajstić information content (AvgIpc) is 2.79. The van der Waals surface area contributed by atoms with Crippen LogP contribution in [-0.2, 0) is 6.54 Å². The molecular formula is C23H22N6O. The highest BCUT2D eigenvalue weighted by Crippen LogP contribution is 2.19. The van der Waals surface area contributed by atoms with Gasteiger partial charge in [-0.05, 0) is 24.3 Å². The quantitative estimate of drug-likeness (QED) is 0.571. The van der Waals surface area contributed by atoms with Crippen molar-refractivity contribution < 1.29 is 4.79 Å². The van der Waals surface area contributed by atoms with E-state index in [1.165, 1.54) is 0 Å². The molecule has 2 N–H and O–H groups in total. The molecule has 7 nitrogen and oxygen atoms in total. The number of fused-ring (bicyclic) bond motifs is 2. The van der Waals surface area contributed by atoms with E-state index in [-0.39, 0.29) is 5.91 Å². The minimum Gasteiger partial charge on any atom is -0.383 e. The molecule has 0 aliphatic carbocycles. The summed E-state index contributed by atoms with van der Waals surface area (Å²) in [6, 6.07) is 19.4. The van der Waals surface area contributed by atoms with Gasteiger partial charge in [0.25, 0.3) is 5.91 Å². The maximum absolute atomic E-state index is 12.9. The Bertz CT molecular complexity index is 1230. The molecule has 4 aromatic rings. The molecule has 7 heteroatoms. The number of anilines is 1. The standard InChI is InChI=1S/C23H22N6O/c24-22-17-6-2-4-8-19(17)26-21(27-22)15-28-11-13-29(14-12-28)23(30)20-10-9-16-5-1-3-7-18(16)25-20/h1-10H,11-15H2,(H2,24,26,27). The summed E-state index contributed by atoms with van der Waals surface area (Å²) in [6.07, 6.45) is 0. The lowest BCUT2D eigenvalue weighted by Crippen LogP contribution is -2.48. The summed E-state index contributed by atoms with van der Waals surface area (Å²) in [5, 5.41) is 1.91. The van der Waals surface area contributed by atoms with Crippen LogP contribution in [0.5, 0.6) is 0 Å². The predicted molar refractivity (Wildman–Crippen MR) is 117 cm³/mol. The van der Waals surface area contributed by atoms with E-state index < -0.39 is 0 Å². The van der Waals surface area contributed by atoms with E-state index in [9.17, 15) is 4.79 Å². The molecule has 5 rings (SSSR count). The number of pyridine rings is 1. The summed E-state index contributed by atoms with van der Waals surface area (Å²) < 4.78 is 0. The number of carbonyl (C=O) groups excluding carboxylic acids is 1. The van der Waals surface area contributed by atoms with Gasteiger partial charge in [0, 0.05) is 37.0 Å². The molecule has 1 amide bonds. The zero-order valence-corrected chi connectivity index (χ0v) is 16.5. The van der Waals surface area contributed by atoms with E-state index in [1.807, 2.05) is 65.6 Å². The number of hydrogen-bond donors (Lipinski definition) is 1. The number of piperazine rings is 1. The van der Waals surface area contributed by atoms with Crippen LogP contribution < -0.4 is 5.73 Å². The van der Waals surface area contributed by atoms with Crippen molar-refractivity contribution in [2.45, 2.75) is 6.54 Å². The highest BCUT2D eigenvalue weighted by atomic mass is 16.2. The molecule has 0 saturated carbocycles. The fraction of sp³-hybridized carbons (Fsp3) is 0.217. The zero-order chi connectivity index (χ0) is 20.5. The van der Waals surface area contributed by atoms with Gasteiger partial charge in [-0.2, -0.15) is 0 Å². The van der Waals surface area contributed by atoms with Gasteiger partial charge in [-0.3, -0.25) is 9.69 Å². The van der Waals surface area contributed by atoms with E-state index in [0.717, 1.165) is 34.9 Å². The van der Waals surface area contributed by atoms with Crippen LogP contribution in [0, 0.1) is 0 Å². The molecule has 0 unspecified atom stereocenters.